The highest BCUT2D eigenvalue weighted by molar-refractivity contribution is 6.64. The summed E-state index contributed by atoms with van der Waals surface area (Å²) in [6.45, 7) is 19.4. The molecule has 0 aliphatic carbocycles. The van der Waals surface area contributed by atoms with Crippen LogP contribution < -0.4 is 24.3 Å². The van der Waals surface area contributed by atoms with Crippen molar-refractivity contribution in [1.82, 2.24) is 39.7 Å². The summed E-state index contributed by atoms with van der Waals surface area (Å²) < 4.78 is 37.5. The van der Waals surface area contributed by atoms with E-state index in [1.54, 1.807) is 26.0 Å². The average molecular weight is 1260 g/mol. The Labute approximate surface area is 534 Å². The number of carboxylic acid groups (broad SMARTS) is 2. The molecule has 3 N–H and O–H groups in total. The lowest BCUT2D eigenvalue weighted by atomic mass is 9.90. The van der Waals surface area contributed by atoms with E-state index in [-0.39, 0.29) is 52.5 Å². The smallest absolute Gasteiger partial charge is 0.342 e. The Morgan fingerprint density at radius 2 is 1.07 bits per heavy atom. The molecule has 2 fully saturated rings. The fourth-order valence-corrected chi connectivity index (χ4v) is 12.2. The van der Waals surface area contributed by atoms with Crippen molar-refractivity contribution >= 4 is 34.7 Å². The van der Waals surface area contributed by atoms with E-state index in [1.807, 2.05) is 79.4 Å². The monoisotopic (exact) mass is 1260 g/mol. The molecule has 2 saturated heterocycles. The standard InChI is InChI=1S/C35H38N4O6.C29H30N4O4.C6H9ClO2/c1-4-44-34-29(35(41)42)19-36-39(34)31-10-6-9-30(37-31)28-8-5-7-22(2)32(28)45-21-26-12-11-25-20-38(16-13-27(25)23(26)3)33(40)24-14-17-43-18-15-24;1-4-36-28-24(29(34)35)16-31-33(28)26-10-6-9-25(32-26)23-8-5-7-18(2)27(23)37-17-21-12-11-20-15-30-14-13-22(20)19(21)3;7-6(8)5-1-3-9-4-2-5/h5-12,19,24H,4,13-18,20-21H2,1-3H3,(H,41,42);5-12,16,30H,4,13-15,17H2,1-3H3,(H,34,35);5H,1-4H2. The summed E-state index contributed by atoms with van der Waals surface area (Å²) in [5, 5.41) is 30.8. The molecule has 0 atom stereocenters. The van der Waals surface area contributed by atoms with Gasteiger partial charge in [-0.1, -0.05) is 60.7 Å². The molecule has 0 unspecified atom stereocenters. The minimum absolute atomic E-state index is 0.00942. The molecule has 8 aromatic rings. The molecule has 4 aromatic carbocycles. The third kappa shape index (κ3) is 15.1. The van der Waals surface area contributed by atoms with Gasteiger partial charge in [0.2, 0.25) is 22.9 Å². The minimum atomic E-state index is -1.12. The largest absolute Gasteiger partial charge is 0.488 e. The Morgan fingerprint density at radius 1 is 0.593 bits per heavy atom. The third-order valence-electron chi connectivity index (χ3n) is 17.0. The van der Waals surface area contributed by atoms with Gasteiger partial charge in [-0.25, -0.2) is 19.6 Å². The van der Waals surface area contributed by atoms with Crippen LogP contribution in [-0.4, -0.2) is 120 Å². The number of carboxylic acids is 2. The van der Waals surface area contributed by atoms with Gasteiger partial charge in [-0.3, -0.25) is 9.59 Å². The van der Waals surface area contributed by atoms with E-state index in [2.05, 4.69) is 53.6 Å². The summed E-state index contributed by atoms with van der Waals surface area (Å²) in [6, 6.07) is 31.6. The summed E-state index contributed by atoms with van der Waals surface area (Å²) >= 11 is 5.26. The van der Waals surface area contributed by atoms with Gasteiger partial charge in [0, 0.05) is 69.0 Å². The third-order valence-corrected chi connectivity index (χ3v) is 17.3. The number of amides is 1. The lowest BCUT2D eigenvalue weighted by molar-refractivity contribution is -0.139. The van der Waals surface area contributed by atoms with Crippen molar-refractivity contribution in [3.05, 3.63) is 176 Å². The van der Waals surface area contributed by atoms with Gasteiger partial charge in [0.05, 0.1) is 37.0 Å². The van der Waals surface area contributed by atoms with Crippen LogP contribution in [0.3, 0.4) is 0 Å². The molecule has 91 heavy (non-hydrogen) atoms. The van der Waals surface area contributed by atoms with E-state index >= 15 is 0 Å². The topological polar surface area (TPSA) is 241 Å². The first-order valence-electron chi connectivity index (χ1n) is 31.0. The van der Waals surface area contributed by atoms with Gasteiger partial charge in [0.15, 0.2) is 11.6 Å². The molecule has 0 spiro atoms. The average Bonchev–Trinajstić information content (AvgIpc) is 1.92. The van der Waals surface area contributed by atoms with Crippen molar-refractivity contribution in [2.75, 3.05) is 52.7 Å². The second kappa shape index (κ2) is 30.2. The number of aromatic carboxylic acids is 2. The number of halogens is 1. The highest BCUT2D eigenvalue weighted by Crippen LogP contribution is 2.37. The molecule has 20 nitrogen and oxygen atoms in total. The maximum atomic E-state index is 13.1. The van der Waals surface area contributed by atoms with Crippen molar-refractivity contribution < 1.29 is 57.8 Å². The second-order valence-electron chi connectivity index (χ2n) is 22.8. The molecular weight excluding hydrogens is 1180 g/mol. The Bertz CT molecular complexity index is 3930. The van der Waals surface area contributed by atoms with E-state index in [4.69, 9.17) is 50.0 Å². The van der Waals surface area contributed by atoms with Gasteiger partial charge in [-0.15, -0.1) is 0 Å². The van der Waals surface area contributed by atoms with Gasteiger partial charge in [-0.05, 0) is 190 Å². The van der Waals surface area contributed by atoms with Crippen molar-refractivity contribution in [2.24, 2.45) is 11.8 Å². The zero-order valence-electron chi connectivity index (χ0n) is 52.3. The molecule has 0 bridgehead atoms. The molecule has 8 heterocycles. The highest BCUT2D eigenvalue weighted by atomic mass is 35.5. The summed E-state index contributed by atoms with van der Waals surface area (Å²) in [5.74, 6) is 0.831. The van der Waals surface area contributed by atoms with E-state index in [1.165, 1.54) is 60.7 Å². The Hall–Kier alpha value is -8.95. The lowest BCUT2D eigenvalue weighted by Crippen LogP contribution is -2.41. The van der Waals surface area contributed by atoms with Crippen LogP contribution in [0.25, 0.3) is 34.2 Å². The Balaban J connectivity index is 0.000000178. The number of aryl methyl sites for hydroxylation is 2. The normalized spacial score (nSPS) is 14.8. The van der Waals surface area contributed by atoms with E-state index in [0.717, 1.165) is 97.5 Å². The van der Waals surface area contributed by atoms with Crippen LogP contribution in [0.2, 0.25) is 0 Å². The van der Waals surface area contributed by atoms with Gasteiger partial charge in [0.1, 0.15) is 35.8 Å². The number of aromatic nitrogens is 6. The van der Waals surface area contributed by atoms with Gasteiger partial charge < -0.3 is 48.9 Å². The molecule has 476 valence electrons. The molecule has 4 aliphatic heterocycles. The van der Waals surface area contributed by atoms with Crippen LogP contribution in [-0.2, 0) is 58.2 Å². The van der Waals surface area contributed by atoms with Crippen molar-refractivity contribution in [2.45, 2.75) is 106 Å². The first-order valence-corrected chi connectivity index (χ1v) is 31.3. The van der Waals surface area contributed by atoms with E-state index in [9.17, 15) is 29.4 Å². The van der Waals surface area contributed by atoms with E-state index < -0.39 is 11.9 Å². The summed E-state index contributed by atoms with van der Waals surface area (Å²) in [7, 11) is 0. The number of ether oxygens (including phenoxy) is 6. The number of para-hydroxylation sites is 2. The van der Waals surface area contributed by atoms with Crippen LogP contribution in [0.15, 0.2) is 109 Å². The fraction of sp³-hybridized carbons (Fsp3) is 0.371. The lowest BCUT2D eigenvalue weighted by Gasteiger charge is -2.34. The van der Waals surface area contributed by atoms with Crippen LogP contribution >= 0.6 is 11.6 Å². The molecule has 4 aromatic heterocycles. The van der Waals surface area contributed by atoms with Gasteiger partial charge in [-0.2, -0.15) is 19.6 Å². The number of carbonyl (C=O) groups is 4. The first kappa shape index (κ1) is 65.0. The number of hydrogen-bond acceptors (Lipinski definition) is 15. The van der Waals surface area contributed by atoms with Crippen LogP contribution in [0.5, 0.6) is 23.3 Å². The molecule has 1 amide bonds. The van der Waals surface area contributed by atoms with Gasteiger partial charge in [0.25, 0.3) is 0 Å². The number of nitrogens with zero attached hydrogens (tertiary/aromatic N) is 7. The van der Waals surface area contributed by atoms with Crippen LogP contribution in [0, 0.1) is 39.5 Å². The summed E-state index contributed by atoms with van der Waals surface area (Å²) in [6.07, 6.45) is 7.61. The molecular formula is C70H77ClN8O12. The molecule has 4 aliphatic rings. The zero-order valence-corrected chi connectivity index (χ0v) is 53.0. The number of pyridine rings is 2. The minimum Gasteiger partial charge on any atom is -0.488 e. The second-order valence-corrected chi connectivity index (χ2v) is 23.1. The van der Waals surface area contributed by atoms with Crippen LogP contribution in [0.1, 0.15) is 116 Å². The fourth-order valence-electron chi connectivity index (χ4n) is 11.9. The molecule has 0 saturated carbocycles. The zero-order chi connectivity index (χ0) is 64.1. The number of carbonyl (C=O) groups excluding carboxylic acids is 2. The Kier molecular flexibility index (Phi) is 21.6. The SMILES string of the molecule is CCOc1c(C(=O)O)cnn1-c1cccc(-c2cccc(C)c2OCc2ccc3c(c2C)CCN(C(=O)C2CCOCC2)C3)n1.CCOc1c(C(=O)O)cnn1-c1cccc(-c2cccc(C)c2OCc2ccc3c(c2C)CCNC3)n1.O=C(Cl)C1CCOCC1. The summed E-state index contributed by atoms with van der Waals surface area (Å²) in [4.78, 5) is 58.6. The number of nitrogens with one attached hydrogen (secondary N) is 1. The number of benzene rings is 4. The quantitative estimate of drug-likeness (QED) is 0.0677. The number of fused-ring (bicyclic) bond motifs is 2. The maximum Gasteiger partial charge on any atom is 0.342 e. The van der Waals surface area contributed by atoms with Crippen molar-refractivity contribution in [3.63, 3.8) is 0 Å². The predicted octanol–water partition coefficient (Wildman–Crippen LogP) is 11.6. The predicted molar refractivity (Wildman–Crippen MR) is 343 cm³/mol. The molecule has 21 heteroatoms. The number of rotatable bonds is 18. The van der Waals surface area contributed by atoms with Crippen molar-refractivity contribution in [3.8, 4) is 57.4 Å². The first-order chi connectivity index (χ1) is 44.1. The molecule has 0 radical (unpaired) electrons. The maximum absolute atomic E-state index is 13.1. The van der Waals surface area contributed by atoms with Crippen molar-refractivity contribution in [1.29, 1.82) is 0 Å². The Morgan fingerprint density at radius 3 is 1.54 bits per heavy atom. The molecule has 12 rings (SSSR count). The highest BCUT2D eigenvalue weighted by Gasteiger charge is 2.30. The number of hydrogen-bond donors (Lipinski definition) is 3. The van der Waals surface area contributed by atoms with E-state index in [0.29, 0.717) is 75.8 Å². The van der Waals surface area contributed by atoms with Crippen LogP contribution in [0.4, 0.5) is 0 Å². The van der Waals surface area contributed by atoms with Gasteiger partial charge >= 0.3 is 11.9 Å². The summed E-state index contributed by atoms with van der Waals surface area (Å²) in [5.41, 5.74) is 15.0.